The van der Waals surface area contributed by atoms with Crippen LogP contribution in [0.25, 0.3) is 0 Å². The van der Waals surface area contributed by atoms with E-state index in [1.807, 2.05) is 0 Å². The van der Waals surface area contributed by atoms with Crippen molar-refractivity contribution in [3.8, 4) is 0 Å². The van der Waals surface area contributed by atoms with Crippen molar-refractivity contribution in [2.45, 2.75) is 0 Å². The molecule has 0 saturated carbocycles. The summed E-state index contributed by atoms with van der Waals surface area (Å²) < 4.78 is 0.225. The van der Waals surface area contributed by atoms with Gasteiger partial charge in [-0.2, -0.15) is 0 Å². The molecule has 3 N–H and O–H groups in total. The maximum atomic E-state index is 11.7. The van der Waals surface area contributed by atoms with Crippen molar-refractivity contribution < 1.29 is 24.4 Å². The predicted octanol–water partition coefficient (Wildman–Crippen LogP) is 0.288. The molecule has 0 heterocycles. The van der Waals surface area contributed by atoms with E-state index in [1.165, 1.54) is 12.1 Å². The number of nitrogens with one attached hydrogen (secondary N) is 2. The molecule has 0 fully saturated rings. The summed E-state index contributed by atoms with van der Waals surface area (Å²) in [5.41, 5.74) is -0.270. The zero-order chi connectivity index (χ0) is 16.0. The third kappa shape index (κ3) is 5.18. The number of carboxylic acid groups (broad SMARTS) is 1. The first-order valence-corrected chi connectivity index (χ1v) is 6.31. The van der Waals surface area contributed by atoms with E-state index in [0.717, 1.165) is 6.07 Å². The number of carbonyl (C=O) groups excluding carboxylic acids is 2. The van der Waals surface area contributed by atoms with Gasteiger partial charge in [0.15, 0.2) is 0 Å². The number of nitrogens with zero attached hydrogens (tertiary/aromatic N) is 1. The van der Waals surface area contributed by atoms with Gasteiger partial charge in [0.05, 0.1) is 15.9 Å². The van der Waals surface area contributed by atoms with Crippen molar-refractivity contribution in [3.05, 3.63) is 38.3 Å². The summed E-state index contributed by atoms with van der Waals surface area (Å²) in [4.78, 5) is 43.2. The molecule has 0 radical (unpaired) electrons. The number of amides is 2. The largest absolute Gasteiger partial charge is 0.480 e. The van der Waals surface area contributed by atoms with Gasteiger partial charge in [0.25, 0.3) is 11.6 Å². The lowest BCUT2D eigenvalue weighted by Crippen LogP contribution is -2.39. The van der Waals surface area contributed by atoms with E-state index in [1.54, 1.807) is 0 Å². The smallest absolute Gasteiger partial charge is 0.322 e. The second-order valence-corrected chi connectivity index (χ2v) is 4.63. The normalized spacial score (nSPS) is 9.76. The van der Waals surface area contributed by atoms with Crippen LogP contribution in [0, 0.1) is 10.1 Å². The van der Waals surface area contributed by atoms with Gasteiger partial charge in [-0.05, 0) is 28.1 Å². The molecule has 1 aromatic rings. The van der Waals surface area contributed by atoms with Gasteiger partial charge in [-0.15, -0.1) is 0 Å². The van der Waals surface area contributed by atoms with E-state index in [4.69, 9.17) is 5.11 Å². The number of carboxylic acids is 1. The van der Waals surface area contributed by atoms with Crippen LogP contribution in [0.5, 0.6) is 0 Å². The van der Waals surface area contributed by atoms with E-state index < -0.39 is 35.8 Å². The van der Waals surface area contributed by atoms with E-state index in [9.17, 15) is 24.5 Å². The van der Waals surface area contributed by atoms with Gasteiger partial charge in [-0.1, -0.05) is 0 Å². The lowest BCUT2D eigenvalue weighted by molar-refractivity contribution is -0.385. The number of carbonyl (C=O) groups is 3. The van der Waals surface area contributed by atoms with Crippen LogP contribution in [0.1, 0.15) is 10.4 Å². The van der Waals surface area contributed by atoms with Crippen molar-refractivity contribution in [2.24, 2.45) is 0 Å². The fourth-order valence-electron chi connectivity index (χ4n) is 1.29. The topological polar surface area (TPSA) is 139 Å². The molecule has 0 atom stereocenters. The molecule has 0 saturated heterocycles. The molecule has 0 aliphatic rings. The molecule has 0 aliphatic carbocycles. The number of hydrogen-bond donors (Lipinski definition) is 3. The Morgan fingerprint density at radius 2 is 1.90 bits per heavy atom. The van der Waals surface area contributed by atoms with E-state index in [0.29, 0.717) is 0 Å². The number of aliphatic carboxylic acids is 1. The second-order valence-electron chi connectivity index (χ2n) is 3.78. The average molecular weight is 360 g/mol. The third-order valence-corrected chi connectivity index (χ3v) is 2.92. The molecule has 112 valence electrons. The minimum Gasteiger partial charge on any atom is -0.480 e. The SMILES string of the molecule is O=C(O)CNC(=O)CNC(=O)c1ccc(Br)c([N+](=O)[O-])c1. The molecule has 10 heteroatoms. The number of nitro groups is 1. The Morgan fingerprint density at radius 1 is 1.24 bits per heavy atom. The van der Waals surface area contributed by atoms with Gasteiger partial charge in [0.2, 0.25) is 5.91 Å². The van der Waals surface area contributed by atoms with Crippen molar-refractivity contribution in [2.75, 3.05) is 13.1 Å². The Labute approximate surface area is 126 Å². The molecule has 1 aromatic carbocycles. The maximum absolute atomic E-state index is 11.7. The summed E-state index contributed by atoms with van der Waals surface area (Å²) in [6.07, 6.45) is 0. The quantitative estimate of drug-likeness (QED) is 0.492. The number of hydrogen-bond acceptors (Lipinski definition) is 5. The van der Waals surface area contributed by atoms with E-state index >= 15 is 0 Å². The minimum absolute atomic E-state index is 0.0101. The number of halogens is 1. The van der Waals surface area contributed by atoms with Gasteiger partial charge in [0, 0.05) is 11.6 Å². The maximum Gasteiger partial charge on any atom is 0.322 e. The molecule has 9 nitrogen and oxygen atoms in total. The van der Waals surface area contributed by atoms with Crippen LogP contribution in [-0.2, 0) is 9.59 Å². The van der Waals surface area contributed by atoms with Crippen molar-refractivity contribution in [1.82, 2.24) is 10.6 Å². The lowest BCUT2D eigenvalue weighted by Gasteiger charge is -2.06. The average Bonchev–Trinajstić information content (AvgIpc) is 2.42. The number of rotatable bonds is 6. The zero-order valence-corrected chi connectivity index (χ0v) is 12.0. The first-order chi connectivity index (χ1) is 9.81. The highest BCUT2D eigenvalue weighted by molar-refractivity contribution is 9.10. The highest BCUT2D eigenvalue weighted by Gasteiger charge is 2.16. The zero-order valence-electron chi connectivity index (χ0n) is 10.5. The standard InChI is InChI=1S/C11H10BrN3O6/c12-7-2-1-6(3-8(7)15(20)21)11(19)14-4-9(16)13-5-10(17)18/h1-3H,4-5H2,(H,13,16)(H,14,19)(H,17,18). The Hall–Kier alpha value is -2.49. The number of benzene rings is 1. The van der Waals surface area contributed by atoms with Gasteiger partial charge in [0.1, 0.15) is 6.54 Å². The minimum atomic E-state index is -1.21. The van der Waals surface area contributed by atoms with Crippen LogP contribution in [-0.4, -0.2) is 40.9 Å². The summed E-state index contributed by atoms with van der Waals surface area (Å²) in [5, 5.41) is 23.4. The first kappa shape index (κ1) is 16.6. The fourth-order valence-corrected chi connectivity index (χ4v) is 1.68. The van der Waals surface area contributed by atoms with Gasteiger partial charge < -0.3 is 15.7 Å². The van der Waals surface area contributed by atoms with Crippen LogP contribution in [0.2, 0.25) is 0 Å². The van der Waals surface area contributed by atoms with Crippen molar-refractivity contribution in [1.29, 1.82) is 0 Å². The molecule has 0 unspecified atom stereocenters. The lowest BCUT2D eigenvalue weighted by atomic mass is 10.2. The Morgan fingerprint density at radius 3 is 2.48 bits per heavy atom. The van der Waals surface area contributed by atoms with Crippen LogP contribution >= 0.6 is 15.9 Å². The number of nitro benzene ring substituents is 1. The van der Waals surface area contributed by atoms with Crippen LogP contribution in [0.15, 0.2) is 22.7 Å². The Bertz CT molecular complexity index is 604. The van der Waals surface area contributed by atoms with Gasteiger partial charge in [-0.3, -0.25) is 24.5 Å². The Balaban J connectivity index is 2.64. The molecular formula is C11H10BrN3O6. The molecule has 0 bridgehead atoms. The summed E-state index contributed by atoms with van der Waals surface area (Å²) in [5.74, 6) is -2.58. The van der Waals surface area contributed by atoms with Crippen LogP contribution in [0.3, 0.4) is 0 Å². The predicted molar refractivity (Wildman–Crippen MR) is 73.8 cm³/mol. The molecule has 0 aromatic heterocycles. The third-order valence-electron chi connectivity index (χ3n) is 2.25. The molecule has 0 spiro atoms. The first-order valence-electron chi connectivity index (χ1n) is 5.52. The van der Waals surface area contributed by atoms with E-state index in [-0.39, 0.29) is 15.7 Å². The molecular weight excluding hydrogens is 350 g/mol. The summed E-state index contributed by atoms with van der Waals surface area (Å²) in [7, 11) is 0. The highest BCUT2D eigenvalue weighted by atomic mass is 79.9. The second kappa shape index (κ2) is 7.33. The van der Waals surface area contributed by atoms with Crippen LogP contribution in [0.4, 0.5) is 5.69 Å². The van der Waals surface area contributed by atoms with Crippen molar-refractivity contribution in [3.63, 3.8) is 0 Å². The highest BCUT2D eigenvalue weighted by Crippen LogP contribution is 2.25. The van der Waals surface area contributed by atoms with E-state index in [2.05, 4.69) is 26.6 Å². The molecule has 0 aliphatic heterocycles. The monoisotopic (exact) mass is 359 g/mol. The van der Waals surface area contributed by atoms with Gasteiger partial charge >= 0.3 is 5.97 Å². The van der Waals surface area contributed by atoms with Crippen LogP contribution < -0.4 is 10.6 Å². The molecule has 2 amide bonds. The molecule has 21 heavy (non-hydrogen) atoms. The summed E-state index contributed by atoms with van der Waals surface area (Å²) >= 11 is 2.98. The fraction of sp³-hybridized carbons (Fsp3) is 0.182. The summed E-state index contributed by atoms with van der Waals surface area (Å²) in [6.45, 7) is -0.992. The van der Waals surface area contributed by atoms with Crippen molar-refractivity contribution >= 4 is 39.4 Å². The Kier molecular flexibility index (Phi) is 5.79. The van der Waals surface area contributed by atoms with Gasteiger partial charge in [-0.25, -0.2) is 0 Å². The molecule has 1 rings (SSSR count). The summed E-state index contributed by atoms with van der Waals surface area (Å²) in [6, 6.07) is 3.76.